The number of nitrogens with one attached hydrogen (secondary N) is 2. The van der Waals surface area contributed by atoms with Crippen molar-refractivity contribution < 1.29 is 15.0 Å². The van der Waals surface area contributed by atoms with Gasteiger partial charge < -0.3 is 15.5 Å². The van der Waals surface area contributed by atoms with Crippen LogP contribution in [0, 0.1) is 0 Å². The predicted octanol–water partition coefficient (Wildman–Crippen LogP) is 0.707. The van der Waals surface area contributed by atoms with Gasteiger partial charge in [-0.2, -0.15) is 5.10 Å². The summed E-state index contributed by atoms with van der Waals surface area (Å²) in [5.74, 6) is -0.665. The minimum Gasteiger partial charge on any atom is -0.507 e. The fourth-order valence-electron chi connectivity index (χ4n) is 1.52. The van der Waals surface area contributed by atoms with Crippen molar-refractivity contribution in [3.63, 3.8) is 0 Å². The summed E-state index contributed by atoms with van der Waals surface area (Å²) in [6, 6.07) is 3.68. The quantitative estimate of drug-likeness (QED) is 0.639. The largest absolute Gasteiger partial charge is 0.507 e. The number of amides is 1. The fourth-order valence-corrected chi connectivity index (χ4v) is 1.52. The van der Waals surface area contributed by atoms with Crippen LogP contribution in [0.3, 0.4) is 0 Å². The Hall–Kier alpha value is -2.57. The third kappa shape index (κ3) is 2.24. The van der Waals surface area contributed by atoms with Gasteiger partial charge in [-0.1, -0.05) is 6.07 Å². The van der Waals surface area contributed by atoms with E-state index in [1.807, 2.05) is 0 Å². The van der Waals surface area contributed by atoms with Crippen LogP contribution in [-0.4, -0.2) is 31.3 Å². The van der Waals surface area contributed by atoms with Gasteiger partial charge in [-0.05, 0) is 19.1 Å². The number of carbonyl (C=O) groups excluding carboxylic acids is 1. The molecule has 2 aromatic rings. The van der Waals surface area contributed by atoms with Gasteiger partial charge in [0, 0.05) is 0 Å². The van der Waals surface area contributed by atoms with E-state index in [9.17, 15) is 15.0 Å². The third-order valence-electron chi connectivity index (χ3n) is 2.44. The zero-order chi connectivity index (χ0) is 13.1. The highest BCUT2D eigenvalue weighted by atomic mass is 16.3. The molecule has 0 spiro atoms. The van der Waals surface area contributed by atoms with Crippen LogP contribution < -0.4 is 5.32 Å². The minimum absolute atomic E-state index is 0.163. The van der Waals surface area contributed by atoms with Crippen LogP contribution in [-0.2, 0) is 0 Å². The molecule has 94 valence electrons. The molecule has 0 saturated carbocycles. The molecule has 2 rings (SSSR count). The number of carbonyl (C=O) groups is 1. The maximum absolute atomic E-state index is 11.9. The number of nitrogens with zero attached hydrogens (tertiary/aromatic N) is 2. The molecule has 1 heterocycles. The summed E-state index contributed by atoms with van der Waals surface area (Å²) in [5, 5.41) is 28.0. The lowest BCUT2D eigenvalue weighted by Gasteiger charge is -2.12. The molecule has 0 aliphatic carbocycles. The van der Waals surface area contributed by atoms with Crippen LogP contribution in [0.2, 0.25) is 0 Å². The van der Waals surface area contributed by atoms with Gasteiger partial charge in [0.1, 0.15) is 29.2 Å². The Labute approximate surface area is 103 Å². The molecule has 0 aliphatic rings. The average Bonchev–Trinajstić information content (AvgIpc) is 2.81. The number of hydrogen-bond donors (Lipinski definition) is 4. The summed E-state index contributed by atoms with van der Waals surface area (Å²) in [4.78, 5) is 15.8. The molecule has 1 aromatic carbocycles. The number of hydrogen-bond acceptors (Lipinski definition) is 5. The van der Waals surface area contributed by atoms with Crippen molar-refractivity contribution in [1.82, 2.24) is 20.5 Å². The summed E-state index contributed by atoms with van der Waals surface area (Å²) < 4.78 is 0. The molecular weight excluding hydrogens is 236 g/mol. The lowest BCUT2D eigenvalue weighted by atomic mass is 10.1. The van der Waals surface area contributed by atoms with Crippen molar-refractivity contribution in [1.29, 1.82) is 0 Å². The molecule has 1 amide bonds. The van der Waals surface area contributed by atoms with Crippen molar-refractivity contribution in [2.75, 3.05) is 0 Å². The molecule has 0 radical (unpaired) electrons. The van der Waals surface area contributed by atoms with Gasteiger partial charge in [0.2, 0.25) is 0 Å². The molecule has 7 heteroatoms. The first kappa shape index (κ1) is 11.9. The van der Waals surface area contributed by atoms with E-state index in [1.165, 1.54) is 24.5 Å². The second kappa shape index (κ2) is 4.74. The monoisotopic (exact) mass is 248 g/mol. The third-order valence-corrected chi connectivity index (χ3v) is 2.44. The number of H-pyrrole nitrogens is 1. The van der Waals surface area contributed by atoms with E-state index in [1.54, 1.807) is 6.92 Å². The first-order chi connectivity index (χ1) is 8.59. The van der Waals surface area contributed by atoms with Crippen LogP contribution in [0.5, 0.6) is 11.5 Å². The Balaban J connectivity index is 2.18. The fraction of sp³-hybridized carbons (Fsp3) is 0.182. The average molecular weight is 248 g/mol. The molecule has 0 fully saturated rings. The number of aromatic nitrogens is 3. The minimum atomic E-state index is -0.588. The van der Waals surface area contributed by atoms with Gasteiger partial charge in [-0.3, -0.25) is 9.89 Å². The number of aromatic hydroxyl groups is 2. The lowest BCUT2D eigenvalue weighted by Crippen LogP contribution is -2.27. The summed E-state index contributed by atoms with van der Waals surface area (Å²) >= 11 is 0. The summed E-state index contributed by atoms with van der Waals surface area (Å²) in [7, 11) is 0. The summed E-state index contributed by atoms with van der Waals surface area (Å²) in [6.07, 6.45) is 1.33. The predicted molar refractivity (Wildman–Crippen MR) is 62.0 cm³/mol. The SMILES string of the molecule is CC(NC(=O)c1c(O)cccc1O)c1ncn[nH]1. The number of phenolic OH excluding ortho intramolecular Hbond substituents is 2. The van der Waals surface area contributed by atoms with Crippen molar-refractivity contribution in [3.8, 4) is 11.5 Å². The van der Waals surface area contributed by atoms with Crippen LogP contribution in [0.4, 0.5) is 0 Å². The molecule has 0 aliphatic heterocycles. The maximum Gasteiger partial charge on any atom is 0.259 e. The van der Waals surface area contributed by atoms with Crippen molar-refractivity contribution in [2.24, 2.45) is 0 Å². The highest BCUT2D eigenvalue weighted by molar-refractivity contribution is 5.99. The normalized spacial score (nSPS) is 12.1. The molecule has 1 aromatic heterocycles. The van der Waals surface area contributed by atoms with E-state index in [0.717, 1.165) is 0 Å². The van der Waals surface area contributed by atoms with Crippen LogP contribution in [0.15, 0.2) is 24.5 Å². The number of rotatable bonds is 3. The van der Waals surface area contributed by atoms with E-state index < -0.39 is 11.9 Å². The molecule has 18 heavy (non-hydrogen) atoms. The van der Waals surface area contributed by atoms with E-state index in [-0.39, 0.29) is 17.1 Å². The zero-order valence-corrected chi connectivity index (χ0v) is 9.58. The van der Waals surface area contributed by atoms with Gasteiger partial charge in [0.05, 0.1) is 6.04 Å². The van der Waals surface area contributed by atoms with Crippen LogP contribution >= 0.6 is 0 Å². The van der Waals surface area contributed by atoms with Crippen molar-refractivity contribution >= 4 is 5.91 Å². The second-order valence-corrected chi connectivity index (χ2v) is 3.74. The van der Waals surface area contributed by atoms with Gasteiger partial charge in [-0.15, -0.1) is 0 Å². The Kier molecular flexibility index (Phi) is 3.13. The van der Waals surface area contributed by atoms with Crippen LogP contribution in [0.25, 0.3) is 0 Å². The van der Waals surface area contributed by atoms with E-state index in [2.05, 4.69) is 20.5 Å². The first-order valence-corrected chi connectivity index (χ1v) is 5.26. The first-order valence-electron chi connectivity index (χ1n) is 5.26. The smallest absolute Gasteiger partial charge is 0.259 e. The molecule has 4 N–H and O–H groups in total. The van der Waals surface area contributed by atoms with Gasteiger partial charge in [-0.25, -0.2) is 4.98 Å². The molecule has 0 bridgehead atoms. The van der Waals surface area contributed by atoms with E-state index >= 15 is 0 Å². The van der Waals surface area contributed by atoms with Gasteiger partial charge in [0.15, 0.2) is 0 Å². The standard InChI is InChI=1S/C11H12N4O3/c1-6(10-12-5-13-15-10)14-11(18)9-7(16)3-2-4-8(9)17/h2-6,16-17H,1H3,(H,14,18)(H,12,13,15). The second-order valence-electron chi connectivity index (χ2n) is 3.74. The van der Waals surface area contributed by atoms with Crippen molar-refractivity contribution in [3.05, 3.63) is 35.9 Å². The lowest BCUT2D eigenvalue weighted by molar-refractivity contribution is 0.0933. The summed E-state index contributed by atoms with van der Waals surface area (Å²) in [6.45, 7) is 1.70. The topological polar surface area (TPSA) is 111 Å². The Morgan fingerprint density at radius 3 is 2.61 bits per heavy atom. The van der Waals surface area contributed by atoms with Gasteiger partial charge in [0.25, 0.3) is 5.91 Å². The highest BCUT2D eigenvalue weighted by Gasteiger charge is 2.19. The molecular formula is C11H12N4O3. The number of aromatic amines is 1. The van der Waals surface area contributed by atoms with E-state index in [0.29, 0.717) is 5.82 Å². The van der Waals surface area contributed by atoms with Crippen LogP contribution in [0.1, 0.15) is 29.1 Å². The zero-order valence-electron chi connectivity index (χ0n) is 9.58. The molecule has 1 atom stereocenters. The van der Waals surface area contributed by atoms with Crippen molar-refractivity contribution in [2.45, 2.75) is 13.0 Å². The number of phenols is 2. The Morgan fingerprint density at radius 1 is 1.39 bits per heavy atom. The molecule has 0 saturated heterocycles. The Morgan fingerprint density at radius 2 is 2.06 bits per heavy atom. The highest BCUT2D eigenvalue weighted by Crippen LogP contribution is 2.26. The maximum atomic E-state index is 11.9. The number of benzene rings is 1. The van der Waals surface area contributed by atoms with E-state index in [4.69, 9.17) is 0 Å². The molecule has 7 nitrogen and oxygen atoms in total. The van der Waals surface area contributed by atoms with Gasteiger partial charge >= 0.3 is 0 Å². The summed E-state index contributed by atoms with van der Waals surface area (Å²) in [5.41, 5.74) is -0.163. The Bertz CT molecular complexity index is 533. The molecule has 1 unspecified atom stereocenters.